The van der Waals surface area contributed by atoms with Gasteiger partial charge >= 0.3 is 6.03 Å². The van der Waals surface area contributed by atoms with Crippen LogP contribution in [0.15, 0.2) is 0 Å². The molecule has 0 spiro atoms. The fourth-order valence-electron chi connectivity index (χ4n) is 1.44. The monoisotopic (exact) mass is 235 g/mol. The summed E-state index contributed by atoms with van der Waals surface area (Å²) in [6, 6.07) is 0.340. The Bertz CT molecular complexity index is 165. The van der Waals surface area contributed by atoms with Crippen LogP contribution in [0.3, 0.4) is 0 Å². The lowest BCUT2D eigenvalue weighted by molar-refractivity contribution is 0.233. The van der Waals surface area contributed by atoms with Crippen molar-refractivity contribution in [2.45, 2.75) is 53.5 Å². The maximum atomic E-state index is 11.2. The van der Waals surface area contributed by atoms with E-state index in [-0.39, 0.29) is 16.3 Å². The molecule has 0 aromatic rings. The van der Waals surface area contributed by atoms with Crippen molar-refractivity contribution in [3.05, 3.63) is 0 Å². The quantitative estimate of drug-likeness (QED) is 0.704. The van der Waals surface area contributed by atoms with Gasteiger partial charge in [-0.05, 0) is 32.4 Å². The predicted octanol–water partition coefficient (Wildman–Crippen LogP) is 2.60. The Hall–Kier alpha value is -0.770. The highest BCUT2D eigenvalue weighted by atomic mass is 16.2. The van der Waals surface area contributed by atoms with Gasteiger partial charge in [-0.2, -0.15) is 0 Å². The molecule has 2 amide bonds. The Kier molecular flexibility index (Phi) is 13.5. The minimum atomic E-state index is -0.0197. The largest absolute Gasteiger partial charge is 0.338 e. The molecule has 1 aliphatic rings. The van der Waals surface area contributed by atoms with E-state index in [4.69, 9.17) is 0 Å². The molecule has 0 aliphatic carbocycles. The molecule has 1 saturated heterocycles. The Morgan fingerprint density at radius 1 is 1.38 bits per heavy atom. The van der Waals surface area contributed by atoms with E-state index >= 15 is 0 Å². The zero-order chi connectivity index (χ0) is 11.5. The summed E-state index contributed by atoms with van der Waals surface area (Å²) in [7, 11) is 0. The van der Waals surface area contributed by atoms with Crippen LogP contribution < -0.4 is 16.0 Å². The molecule has 4 heteroatoms. The van der Waals surface area contributed by atoms with Crippen LogP contribution in [0.4, 0.5) is 4.79 Å². The van der Waals surface area contributed by atoms with E-state index in [0.29, 0.717) is 6.04 Å². The number of urea groups is 1. The minimum Gasteiger partial charge on any atom is -0.338 e. The number of hydrogen-bond donors (Lipinski definition) is 3. The zero-order valence-electron chi connectivity index (χ0n) is 10.2. The highest BCUT2D eigenvalue weighted by Gasteiger charge is 2.14. The highest BCUT2D eigenvalue weighted by Crippen LogP contribution is 2.00. The number of rotatable bonds is 3. The standard InChI is InChI=1S/C9H19N3O.C2H6.CH4.2H2/c1-2-5-11-9(13)12-8-3-6-10-7-4-8;1-2;;;/h8,10H,2-7H2,1H3,(H2,11,12,13);1-2H3;1H4;2*1H. The van der Waals surface area contributed by atoms with Gasteiger partial charge in [0.05, 0.1) is 0 Å². The maximum absolute atomic E-state index is 11.2. The van der Waals surface area contributed by atoms with Crippen LogP contribution in [0, 0.1) is 0 Å². The molecule has 0 bridgehead atoms. The van der Waals surface area contributed by atoms with Crippen LogP contribution in [-0.4, -0.2) is 31.7 Å². The van der Waals surface area contributed by atoms with Crippen molar-refractivity contribution < 1.29 is 7.65 Å². The molecule has 1 rings (SSSR count). The van der Waals surface area contributed by atoms with Crippen molar-refractivity contribution >= 4 is 6.03 Å². The first-order valence-corrected chi connectivity index (χ1v) is 6.08. The van der Waals surface area contributed by atoms with Gasteiger partial charge < -0.3 is 16.0 Å². The third-order valence-corrected chi connectivity index (χ3v) is 2.21. The SMILES string of the molecule is C.CC.CCCNC(=O)NC1CCNCC1.[HH].[HH]. The summed E-state index contributed by atoms with van der Waals surface area (Å²) in [4.78, 5) is 11.2. The van der Waals surface area contributed by atoms with Crippen molar-refractivity contribution in [3.63, 3.8) is 0 Å². The Labute approximate surface area is 104 Å². The predicted molar refractivity (Wildman–Crippen MR) is 75.0 cm³/mol. The van der Waals surface area contributed by atoms with Gasteiger partial charge in [0, 0.05) is 15.4 Å². The summed E-state index contributed by atoms with van der Waals surface area (Å²) in [5.74, 6) is 0. The summed E-state index contributed by atoms with van der Waals surface area (Å²) in [5.41, 5.74) is 0. The normalized spacial score (nSPS) is 15.2. The average Bonchev–Trinajstić information content (AvgIpc) is 2.30. The second-order valence-electron chi connectivity index (χ2n) is 3.42. The molecule has 16 heavy (non-hydrogen) atoms. The maximum Gasteiger partial charge on any atom is 0.315 e. The minimum absolute atomic E-state index is 0. The summed E-state index contributed by atoms with van der Waals surface area (Å²) >= 11 is 0. The highest BCUT2D eigenvalue weighted by molar-refractivity contribution is 5.74. The molecule has 1 aliphatic heterocycles. The van der Waals surface area contributed by atoms with Gasteiger partial charge in [-0.25, -0.2) is 4.79 Å². The van der Waals surface area contributed by atoms with Gasteiger partial charge in [0.1, 0.15) is 0 Å². The van der Waals surface area contributed by atoms with Gasteiger partial charge in [0.15, 0.2) is 0 Å². The number of carbonyl (C=O) groups excluding carboxylic acids is 1. The summed E-state index contributed by atoms with van der Waals surface area (Å²) in [6.45, 7) is 8.83. The first kappa shape index (κ1) is 17.6. The van der Waals surface area contributed by atoms with Crippen LogP contribution in [0.2, 0.25) is 0 Å². The number of nitrogens with one attached hydrogen (secondary N) is 3. The molecule has 102 valence electrons. The smallest absolute Gasteiger partial charge is 0.315 e. The van der Waals surface area contributed by atoms with Crippen LogP contribution in [0.25, 0.3) is 0 Å². The molecular formula is C12H33N3O. The van der Waals surface area contributed by atoms with E-state index in [2.05, 4.69) is 16.0 Å². The Morgan fingerprint density at radius 3 is 2.44 bits per heavy atom. The van der Waals surface area contributed by atoms with Crippen molar-refractivity contribution in [1.29, 1.82) is 0 Å². The van der Waals surface area contributed by atoms with Crippen molar-refractivity contribution in [2.75, 3.05) is 19.6 Å². The molecule has 1 fully saturated rings. The molecule has 0 atom stereocenters. The van der Waals surface area contributed by atoms with Crippen molar-refractivity contribution in [1.82, 2.24) is 16.0 Å². The molecule has 0 unspecified atom stereocenters. The Balaban J connectivity index is -0.000000186. The van der Waals surface area contributed by atoms with Gasteiger partial charge in [-0.15, -0.1) is 0 Å². The first-order valence-electron chi connectivity index (χ1n) is 6.08. The van der Waals surface area contributed by atoms with E-state index in [1.54, 1.807) is 0 Å². The molecule has 3 N–H and O–H groups in total. The average molecular weight is 235 g/mol. The van der Waals surface area contributed by atoms with E-state index < -0.39 is 0 Å². The molecule has 0 aromatic carbocycles. The van der Waals surface area contributed by atoms with Gasteiger partial charge in [-0.1, -0.05) is 28.2 Å². The molecule has 4 nitrogen and oxygen atoms in total. The van der Waals surface area contributed by atoms with Crippen molar-refractivity contribution in [3.8, 4) is 0 Å². The third-order valence-electron chi connectivity index (χ3n) is 2.21. The van der Waals surface area contributed by atoms with E-state index in [1.807, 2.05) is 20.8 Å². The summed E-state index contributed by atoms with van der Waals surface area (Å²) < 4.78 is 0. The molecule has 0 saturated carbocycles. The second-order valence-corrected chi connectivity index (χ2v) is 3.42. The van der Waals surface area contributed by atoms with E-state index in [9.17, 15) is 4.79 Å². The van der Waals surface area contributed by atoms with Crippen LogP contribution in [0.5, 0.6) is 0 Å². The lowest BCUT2D eigenvalue weighted by Gasteiger charge is -2.23. The fraction of sp³-hybridized carbons (Fsp3) is 0.917. The van der Waals surface area contributed by atoms with E-state index in [1.165, 1.54) is 0 Å². The number of carbonyl (C=O) groups is 1. The summed E-state index contributed by atoms with van der Waals surface area (Å²) in [6.07, 6.45) is 3.07. The number of hydrogen-bond acceptors (Lipinski definition) is 2. The lowest BCUT2D eigenvalue weighted by atomic mass is 10.1. The van der Waals surface area contributed by atoms with Gasteiger partial charge in [-0.3, -0.25) is 0 Å². The van der Waals surface area contributed by atoms with Crippen LogP contribution >= 0.6 is 0 Å². The lowest BCUT2D eigenvalue weighted by Crippen LogP contribution is -2.46. The molecular weight excluding hydrogens is 202 g/mol. The number of piperidine rings is 1. The third kappa shape index (κ3) is 8.53. The topological polar surface area (TPSA) is 53.2 Å². The van der Waals surface area contributed by atoms with Crippen LogP contribution in [0.1, 0.15) is 50.3 Å². The molecule has 1 heterocycles. The Morgan fingerprint density at radius 2 is 1.94 bits per heavy atom. The zero-order valence-corrected chi connectivity index (χ0v) is 10.2. The summed E-state index contributed by atoms with van der Waals surface area (Å²) in [5, 5.41) is 9.03. The van der Waals surface area contributed by atoms with Crippen LogP contribution in [-0.2, 0) is 0 Å². The van der Waals surface area contributed by atoms with Crippen molar-refractivity contribution in [2.24, 2.45) is 0 Å². The van der Waals surface area contributed by atoms with E-state index in [0.717, 1.165) is 38.9 Å². The second kappa shape index (κ2) is 12.3. The molecule has 0 radical (unpaired) electrons. The first-order chi connectivity index (χ1) is 7.33. The fourth-order valence-corrected chi connectivity index (χ4v) is 1.44. The van der Waals surface area contributed by atoms with Gasteiger partial charge in [0.25, 0.3) is 0 Å². The molecule has 0 aromatic heterocycles. The van der Waals surface area contributed by atoms with Gasteiger partial charge in [0.2, 0.25) is 0 Å². The number of amides is 2.